The van der Waals surface area contributed by atoms with Crippen LogP contribution in [0.3, 0.4) is 0 Å². The number of rotatable bonds is 3. The van der Waals surface area contributed by atoms with Crippen LogP contribution in [0.1, 0.15) is 33.7 Å². The van der Waals surface area contributed by atoms with Gasteiger partial charge in [0.25, 0.3) is 11.5 Å². The summed E-state index contributed by atoms with van der Waals surface area (Å²) in [6.07, 6.45) is -0.506. The summed E-state index contributed by atoms with van der Waals surface area (Å²) in [5.74, 6) is -0.0221. The van der Waals surface area contributed by atoms with Crippen LogP contribution in [0.25, 0.3) is 5.95 Å². The van der Waals surface area contributed by atoms with E-state index in [-0.39, 0.29) is 43.6 Å². The summed E-state index contributed by atoms with van der Waals surface area (Å²) >= 11 is 0. The number of H-pyrrole nitrogens is 1. The van der Waals surface area contributed by atoms with Crippen molar-refractivity contribution in [1.82, 2.24) is 29.5 Å². The van der Waals surface area contributed by atoms with Crippen LogP contribution in [0, 0.1) is 6.92 Å². The lowest BCUT2D eigenvalue weighted by molar-refractivity contribution is -0.148. The summed E-state index contributed by atoms with van der Waals surface area (Å²) in [5, 5.41) is 4.21. The molecule has 0 saturated carbocycles. The topological polar surface area (TPSA) is 87.1 Å². The van der Waals surface area contributed by atoms with E-state index in [1.54, 1.807) is 6.92 Å². The van der Waals surface area contributed by atoms with E-state index in [4.69, 9.17) is 0 Å². The molecule has 0 atom stereocenters. The summed E-state index contributed by atoms with van der Waals surface area (Å²) < 4.78 is 39.0. The average Bonchev–Trinajstić information content (AvgIpc) is 3.27. The Labute approximate surface area is 164 Å². The molecule has 1 aliphatic carbocycles. The van der Waals surface area contributed by atoms with Crippen LogP contribution in [0.15, 0.2) is 11.0 Å². The number of hydrogen-bond donors (Lipinski definition) is 1. The Balaban J connectivity index is 1.50. The Morgan fingerprint density at radius 3 is 2.62 bits per heavy atom. The van der Waals surface area contributed by atoms with E-state index >= 15 is 0 Å². The van der Waals surface area contributed by atoms with Gasteiger partial charge in [-0.3, -0.25) is 19.5 Å². The molecule has 8 nitrogen and oxygen atoms in total. The molecule has 1 saturated heterocycles. The first-order chi connectivity index (χ1) is 13.7. The fraction of sp³-hybridized carbons (Fsp3) is 0.556. The highest BCUT2D eigenvalue weighted by atomic mass is 19.4. The van der Waals surface area contributed by atoms with Gasteiger partial charge in [0.2, 0.25) is 5.95 Å². The van der Waals surface area contributed by atoms with Crippen LogP contribution in [0.2, 0.25) is 0 Å². The molecule has 0 bridgehead atoms. The summed E-state index contributed by atoms with van der Waals surface area (Å²) in [6, 6.07) is 0. The first-order valence-electron chi connectivity index (χ1n) is 9.48. The standard InChI is InChI=1S/C18H21F3N6O2/c1-11-13(16(29)26-7-5-25(6-8-26)10-18(19,20)21)9-22-27(11)17-23-14-4-2-3-12(14)15(28)24-17/h9H,2-8,10H2,1H3,(H,23,24,28). The van der Waals surface area contributed by atoms with Crippen molar-refractivity contribution >= 4 is 5.91 Å². The second kappa shape index (κ2) is 7.29. The van der Waals surface area contributed by atoms with Crippen molar-refractivity contribution in [2.45, 2.75) is 32.4 Å². The Morgan fingerprint density at radius 2 is 1.93 bits per heavy atom. The molecule has 0 spiro atoms. The van der Waals surface area contributed by atoms with Crippen LogP contribution >= 0.6 is 0 Å². The zero-order chi connectivity index (χ0) is 20.8. The number of carbonyl (C=O) groups is 1. The van der Waals surface area contributed by atoms with Crippen molar-refractivity contribution in [3.63, 3.8) is 0 Å². The predicted molar refractivity (Wildman–Crippen MR) is 97.1 cm³/mol. The van der Waals surface area contributed by atoms with Crippen LogP contribution in [-0.2, 0) is 12.8 Å². The molecule has 156 valence electrons. The maximum absolute atomic E-state index is 12.9. The summed E-state index contributed by atoms with van der Waals surface area (Å²) in [6.45, 7) is 1.49. The number of piperazine rings is 1. The minimum absolute atomic E-state index is 0.165. The molecular weight excluding hydrogens is 389 g/mol. The number of aromatic nitrogens is 4. The van der Waals surface area contributed by atoms with Gasteiger partial charge in [-0.1, -0.05) is 0 Å². The lowest BCUT2D eigenvalue weighted by Gasteiger charge is -2.34. The van der Waals surface area contributed by atoms with Gasteiger partial charge in [-0.25, -0.2) is 9.67 Å². The van der Waals surface area contributed by atoms with E-state index in [1.165, 1.54) is 20.7 Å². The van der Waals surface area contributed by atoms with Gasteiger partial charge in [-0.05, 0) is 26.2 Å². The summed E-state index contributed by atoms with van der Waals surface area (Å²) in [5.41, 5.74) is 2.14. The minimum atomic E-state index is -4.25. The van der Waals surface area contributed by atoms with Gasteiger partial charge in [-0.15, -0.1) is 0 Å². The molecule has 0 aromatic carbocycles. The van der Waals surface area contributed by atoms with Crippen LogP contribution in [0.5, 0.6) is 0 Å². The first-order valence-corrected chi connectivity index (χ1v) is 9.48. The number of amides is 1. The van der Waals surface area contributed by atoms with E-state index in [0.717, 1.165) is 18.5 Å². The predicted octanol–water partition coefficient (Wildman–Crippen LogP) is 1.07. The molecule has 2 aliphatic rings. The van der Waals surface area contributed by atoms with Crippen LogP contribution in [-0.4, -0.2) is 74.4 Å². The number of halogens is 3. The molecule has 1 amide bonds. The van der Waals surface area contributed by atoms with Gasteiger partial charge in [0.15, 0.2) is 0 Å². The number of aryl methyl sites for hydroxylation is 1. The van der Waals surface area contributed by atoms with Gasteiger partial charge in [0.05, 0.1) is 29.7 Å². The molecule has 2 aromatic heterocycles. The Bertz CT molecular complexity index is 988. The van der Waals surface area contributed by atoms with Crippen molar-refractivity contribution in [2.75, 3.05) is 32.7 Å². The summed E-state index contributed by atoms with van der Waals surface area (Å²) in [4.78, 5) is 35.1. The molecular formula is C18H21F3N6O2. The lowest BCUT2D eigenvalue weighted by atomic mass is 10.2. The maximum atomic E-state index is 12.9. The molecule has 11 heteroatoms. The van der Waals surface area contributed by atoms with E-state index in [2.05, 4.69) is 15.1 Å². The number of alkyl halides is 3. The third-order valence-corrected chi connectivity index (χ3v) is 5.43. The van der Waals surface area contributed by atoms with E-state index in [0.29, 0.717) is 23.2 Å². The zero-order valence-electron chi connectivity index (χ0n) is 15.9. The zero-order valence-corrected chi connectivity index (χ0v) is 15.9. The van der Waals surface area contributed by atoms with Crippen molar-refractivity contribution < 1.29 is 18.0 Å². The largest absolute Gasteiger partial charge is 0.401 e. The molecule has 0 radical (unpaired) electrons. The Hall–Kier alpha value is -2.69. The quantitative estimate of drug-likeness (QED) is 0.818. The average molecular weight is 410 g/mol. The highest BCUT2D eigenvalue weighted by molar-refractivity contribution is 5.95. The Kier molecular flexibility index (Phi) is 4.93. The highest BCUT2D eigenvalue weighted by Gasteiger charge is 2.33. The van der Waals surface area contributed by atoms with Crippen LogP contribution < -0.4 is 5.56 Å². The molecule has 29 heavy (non-hydrogen) atoms. The fourth-order valence-electron chi connectivity index (χ4n) is 3.89. The summed E-state index contributed by atoms with van der Waals surface area (Å²) in [7, 11) is 0. The first kappa shape index (κ1) is 19.6. The smallest absolute Gasteiger partial charge is 0.336 e. The van der Waals surface area contributed by atoms with Gasteiger partial charge in [0, 0.05) is 31.7 Å². The van der Waals surface area contributed by atoms with E-state index in [1.807, 2.05) is 0 Å². The fourth-order valence-corrected chi connectivity index (χ4v) is 3.89. The monoisotopic (exact) mass is 410 g/mol. The third-order valence-electron chi connectivity index (χ3n) is 5.43. The number of aromatic amines is 1. The van der Waals surface area contributed by atoms with E-state index in [9.17, 15) is 22.8 Å². The number of nitrogens with one attached hydrogen (secondary N) is 1. The third kappa shape index (κ3) is 3.91. The number of fused-ring (bicyclic) bond motifs is 1. The minimum Gasteiger partial charge on any atom is -0.336 e. The normalized spacial score (nSPS) is 17.6. The van der Waals surface area contributed by atoms with Crippen LogP contribution in [0.4, 0.5) is 13.2 Å². The molecule has 4 rings (SSSR count). The van der Waals surface area contributed by atoms with Crippen molar-refractivity contribution in [3.8, 4) is 5.95 Å². The second-order valence-electron chi connectivity index (χ2n) is 7.41. The van der Waals surface area contributed by atoms with Crippen molar-refractivity contribution in [1.29, 1.82) is 0 Å². The molecule has 2 aromatic rings. The van der Waals surface area contributed by atoms with Gasteiger partial charge in [-0.2, -0.15) is 18.3 Å². The molecule has 3 heterocycles. The second-order valence-corrected chi connectivity index (χ2v) is 7.41. The number of hydrogen-bond acceptors (Lipinski definition) is 5. The molecule has 1 fully saturated rings. The Morgan fingerprint density at radius 1 is 1.21 bits per heavy atom. The van der Waals surface area contributed by atoms with Gasteiger partial charge >= 0.3 is 6.18 Å². The maximum Gasteiger partial charge on any atom is 0.401 e. The lowest BCUT2D eigenvalue weighted by Crippen LogP contribution is -2.51. The molecule has 1 aliphatic heterocycles. The van der Waals surface area contributed by atoms with E-state index < -0.39 is 12.7 Å². The highest BCUT2D eigenvalue weighted by Crippen LogP contribution is 2.20. The van der Waals surface area contributed by atoms with Gasteiger partial charge in [0.1, 0.15) is 0 Å². The SMILES string of the molecule is Cc1c(C(=O)N2CCN(CC(F)(F)F)CC2)cnn1-c1nc2c(c(=O)[nH]1)CCC2. The number of nitrogens with zero attached hydrogens (tertiary/aromatic N) is 5. The number of carbonyl (C=O) groups excluding carboxylic acids is 1. The van der Waals surface area contributed by atoms with Crippen molar-refractivity contribution in [2.24, 2.45) is 0 Å². The molecule has 1 N–H and O–H groups in total. The van der Waals surface area contributed by atoms with Gasteiger partial charge < -0.3 is 4.90 Å². The van der Waals surface area contributed by atoms with Crippen molar-refractivity contribution in [3.05, 3.63) is 39.1 Å². The molecule has 0 unspecified atom stereocenters.